The number of nitrogens with zero attached hydrogens (tertiary/aromatic N) is 1. The quantitative estimate of drug-likeness (QED) is 0.625. The molecule has 0 atom stereocenters. The highest BCUT2D eigenvalue weighted by atomic mass is 16.5. The molecule has 136 valence electrons. The van der Waals surface area contributed by atoms with Gasteiger partial charge in [-0.15, -0.1) is 13.2 Å². The van der Waals surface area contributed by atoms with E-state index in [1.165, 1.54) is 5.56 Å². The van der Waals surface area contributed by atoms with Gasteiger partial charge < -0.3 is 15.0 Å². The summed E-state index contributed by atoms with van der Waals surface area (Å²) < 4.78 is 5.77. The zero-order valence-electron chi connectivity index (χ0n) is 15.1. The van der Waals surface area contributed by atoms with Gasteiger partial charge in [0.2, 0.25) is 5.91 Å². The van der Waals surface area contributed by atoms with E-state index in [-0.39, 0.29) is 12.5 Å². The van der Waals surface area contributed by atoms with Gasteiger partial charge in [-0.25, -0.2) is 0 Å². The number of carbonyl (C=O) groups excluding carboxylic acids is 1. The van der Waals surface area contributed by atoms with E-state index in [2.05, 4.69) is 30.6 Å². The van der Waals surface area contributed by atoms with Crippen LogP contribution in [0.15, 0.2) is 79.9 Å². The lowest BCUT2D eigenvalue weighted by atomic mass is 10.2. The van der Waals surface area contributed by atoms with Crippen LogP contribution in [0.4, 0.5) is 5.69 Å². The molecule has 0 unspecified atom stereocenters. The molecule has 0 fully saturated rings. The summed E-state index contributed by atoms with van der Waals surface area (Å²) in [5.74, 6) is 0.825. The van der Waals surface area contributed by atoms with Crippen molar-refractivity contribution in [1.29, 1.82) is 0 Å². The molecule has 26 heavy (non-hydrogen) atoms. The molecule has 4 heteroatoms. The predicted molar refractivity (Wildman–Crippen MR) is 108 cm³/mol. The third-order valence-electron chi connectivity index (χ3n) is 3.85. The van der Waals surface area contributed by atoms with E-state index in [9.17, 15) is 4.79 Å². The van der Waals surface area contributed by atoms with Gasteiger partial charge in [0.05, 0.1) is 13.2 Å². The fraction of sp³-hybridized carbons (Fsp3) is 0.227. The van der Waals surface area contributed by atoms with E-state index in [1.54, 1.807) is 17.1 Å². The van der Waals surface area contributed by atoms with E-state index in [1.807, 2.05) is 42.5 Å². The molecule has 1 N–H and O–H groups in total. The Kier molecular flexibility index (Phi) is 8.00. The van der Waals surface area contributed by atoms with Gasteiger partial charge >= 0.3 is 0 Å². The summed E-state index contributed by atoms with van der Waals surface area (Å²) in [6.07, 6.45) is 4.30. The van der Waals surface area contributed by atoms with Gasteiger partial charge in [-0.05, 0) is 29.8 Å². The van der Waals surface area contributed by atoms with E-state index in [4.69, 9.17) is 4.74 Å². The summed E-state index contributed by atoms with van der Waals surface area (Å²) in [5.41, 5.74) is 2.14. The largest absolute Gasteiger partial charge is 0.493 e. The number of amides is 1. The molecular formula is C22H26N2O2. The molecule has 0 aliphatic rings. The van der Waals surface area contributed by atoms with Crippen molar-refractivity contribution in [2.24, 2.45) is 0 Å². The SMILES string of the molecule is C=CCN(CC=C)C(=O)CNc1ccc(OCCc2ccccc2)cc1. The third kappa shape index (κ3) is 6.48. The van der Waals surface area contributed by atoms with Crippen LogP contribution >= 0.6 is 0 Å². The summed E-state index contributed by atoms with van der Waals surface area (Å²) in [4.78, 5) is 13.9. The molecule has 0 aliphatic heterocycles. The normalized spacial score (nSPS) is 10.0. The topological polar surface area (TPSA) is 41.6 Å². The molecule has 2 aromatic rings. The molecule has 0 saturated heterocycles. The van der Waals surface area contributed by atoms with Gasteiger partial charge in [0.25, 0.3) is 0 Å². The minimum atomic E-state index is 0.00740. The van der Waals surface area contributed by atoms with Crippen LogP contribution < -0.4 is 10.1 Å². The number of hydrogen-bond donors (Lipinski definition) is 1. The van der Waals surface area contributed by atoms with Crippen LogP contribution in [0.3, 0.4) is 0 Å². The lowest BCUT2D eigenvalue weighted by molar-refractivity contribution is -0.128. The molecule has 0 radical (unpaired) electrons. The van der Waals surface area contributed by atoms with Gasteiger partial charge in [-0.2, -0.15) is 0 Å². The summed E-state index contributed by atoms with van der Waals surface area (Å²) >= 11 is 0. The van der Waals surface area contributed by atoms with Crippen molar-refractivity contribution in [2.45, 2.75) is 6.42 Å². The predicted octanol–water partition coefficient (Wildman–Crippen LogP) is 3.92. The Hall–Kier alpha value is -3.01. The molecule has 4 nitrogen and oxygen atoms in total. The Balaban J connectivity index is 1.76. The monoisotopic (exact) mass is 350 g/mol. The molecule has 2 rings (SSSR count). The van der Waals surface area contributed by atoms with Gasteiger partial charge in [0, 0.05) is 25.2 Å². The van der Waals surface area contributed by atoms with Gasteiger partial charge in [-0.1, -0.05) is 42.5 Å². The second kappa shape index (κ2) is 10.8. The first-order valence-corrected chi connectivity index (χ1v) is 8.73. The van der Waals surface area contributed by atoms with E-state index in [0.717, 1.165) is 17.9 Å². The standard InChI is InChI=1S/C22H26N2O2/c1-3-15-24(16-4-2)22(25)18-23-20-10-12-21(13-11-20)26-17-14-19-8-6-5-7-9-19/h3-13,23H,1-2,14-18H2. The number of hydrogen-bond acceptors (Lipinski definition) is 3. The molecule has 0 spiro atoms. The number of carbonyl (C=O) groups is 1. The lowest BCUT2D eigenvalue weighted by Crippen LogP contribution is -2.35. The zero-order valence-corrected chi connectivity index (χ0v) is 15.1. The lowest BCUT2D eigenvalue weighted by Gasteiger charge is -2.19. The summed E-state index contributed by atoms with van der Waals surface area (Å²) in [6, 6.07) is 17.9. The molecule has 1 amide bonds. The van der Waals surface area contributed by atoms with Crippen molar-refractivity contribution < 1.29 is 9.53 Å². The minimum Gasteiger partial charge on any atom is -0.493 e. The second-order valence-corrected chi connectivity index (χ2v) is 5.84. The van der Waals surface area contributed by atoms with Gasteiger partial charge in [0.1, 0.15) is 5.75 Å². The highest BCUT2D eigenvalue weighted by molar-refractivity contribution is 5.81. The average Bonchev–Trinajstić information content (AvgIpc) is 2.68. The Bertz CT molecular complexity index is 686. The van der Waals surface area contributed by atoms with Crippen LogP contribution in [0.25, 0.3) is 0 Å². The smallest absolute Gasteiger partial charge is 0.242 e. The van der Waals surface area contributed by atoms with Crippen molar-refractivity contribution in [2.75, 3.05) is 31.6 Å². The van der Waals surface area contributed by atoms with Crippen molar-refractivity contribution in [1.82, 2.24) is 4.90 Å². The Morgan fingerprint density at radius 3 is 2.27 bits per heavy atom. The number of anilines is 1. The third-order valence-corrected chi connectivity index (χ3v) is 3.85. The maximum Gasteiger partial charge on any atom is 0.242 e. The van der Waals surface area contributed by atoms with E-state index < -0.39 is 0 Å². The highest BCUT2D eigenvalue weighted by Crippen LogP contribution is 2.16. The van der Waals surface area contributed by atoms with Crippen molar-refractivity contribution >= 4 is 11.6 Å². The number of benzene rings is 2. The number of ether oxygens (including phenoxy) is 1. The molecule has 2 aromatic carbocycles. The highest BCUT2D eigenvalue weighted by Gasteiger charge is 2.09. The Labute approximate surface area is 155 Å². The van der Waals surface area contributed by atoms with Crippen molar-refractivity contribution in [3.05, 3.63) is 85.5 Å². The first-order chi connectivity index (χ1) is 12.7. The van der Waals surface area contributed by atoms with Crippen LogP contribution in [-0.4, -0.2) is 37.0 Å². The minimum absolute atomic E-state index is 0.00740. The fourth-order valence-corrected chi connectivity index (χ4v) is 2.48. The van der Waals surface area contributed by atoms with Crippen LogP contribution in [0.5, 0.6) is 5.75 Å². The van der Waals surface area contributed by atoms with Gasteiger partial charge in [0.15, 0.2) is 0 Å². The first-order valence-electron chi connectivity index (χ1n) is 8.73. The van der Waals surface area contributed by atoms with E-state index in [0.29, 0.717) is 19.7 Å². The molecule has 0 heterocycles. The zero-order chi connectivity index (χ0) is 18.6. The average molecular weight is 350 g/mol. The maximum atomic E-state index is 12.2. The molecule has 0 bridgehead atoms. The second-order valence-electron chi connectivity index (χ2n) is 5.84. The van der Waals surface area contributed by atoms with Crippen LogP contribution in [-0.2, 0) is 11.2 Å². The van der Waals surface area contributed by atoms with Crippen molar-refractivity contribution in [3.8, 4) is 5.75 Å². The van der Waals surface area contributed by atoms with Crippen molar-refractivity contribution in [3.63, 3.8) is 0 Å². The first kappa shape index (κ1) is 19.3. The number of nitrogens with one attached hydrogen (secondary N) is 1. The van der Waals surface area contributed by atoms with E-state index >= 15 is 0 Å². The van der Waals surface area contributed by atoms with Crippen LogP contribution in [0, 0.1) is 0 Å². The summed E-state index contributed by atoms with van der Waals surface area (Å²) in [7, 11) is 0. The molecule has 0 saturated carbocycles. The Morgan fingerprint density at radius 1 is 1.00 bits per heavy atom. The van der Waals surface area contributed by atoms with Crippen LogP contribution in [0.2, 0.25) is 0 Å². The Morgan fingerprint density at radius 2 is 1.65 bits per heavy atom. The number of rotatable bonds is 11. The fourth-order valence-electron chi connectivity index (χ4n) is 2.48. The summed E-state index contributed by atoms with van der Waals surface area (Å²) in [6.45, 7) is 9.24. The van der Waals surface area contributed by atoms with Crippen LogP contribution in [0.1, 0.15) is 5.56 Å². The molecule has 0 aliphatic carbocycles. The maximum absolute atomic E-state index is 12.2. The summed E-state index contributed by atoms with van der Waals surface area (Å²) in [5, 5.41) is 3.14. The van der Waals surface area contributed by atoms with Gasteiger partial charge in [-0.3, -0.25) is 4.79 Å². The molecule has 0 aromatic heterocycles. The molecular weight excluding hydrogens is 324 g/mol.